The fourth-order valence-electron chi connectivity index (χ4n) is 1.47. The van der Waals surface area contributed by atoms with Gasteiger partial charge in [0.15, 0.2) is 0 Å². The molecule has 6 nitrogen and oxygen atoms in total. The molecule has 0 atom stereocenters. The molecule has 8 heteroatoms. The molecule has 0 aliphatic rings. The highest BCUT2D eigenvalue weighted by Crippen LogP contribution is 2.20. The largest absolute Gasteiger partial charge is 0.478 e. The molecule has 0 aliphatic heterocycles. The molecule has 2 aromatic rings. The van der Waals surface area contributed by atoms with E-state index in [0.717, 1.165) is 6.07 Å². The highest BCUT2D eigenvalue weighted by atomic mass is 127. The highest BCUT2D eigenvalue weighted by molar-refractivity contribution is 14.1. The minimum Gasteiger partial charge on any atom is -0.478 e. The van der Waals surface area contributed by atoms with Crippen LogP contribution < -0.4 is 4.72 Å². The number of sulfonamides is 1. The maximum absolute atomic E-state index is 12.2. The monoisotopic (exact) mass is 404 g/mol. The van der Waals surface area contributed by atoms with Crippen LogP contribution in [-0.2, 0) is 10.0 Å². The van der Waals surface area contributed by atoms with Crippen LogP contribution in [0.5, 0.6) is 0 Å². The lowest BCUT2D eigenvalue weighted by atomic mass is 10.2. The van der Waals surface area contributed by atoms with Crippen molar-refractivity contribution in [3.8, 4) is 0 Å². The molecule has 0 fully saturated rings. The average molecular weight is 404 g/mol. The van der Waals surface area contributed by atoms with Crippen LogP contribution in [0.3, 0.4) is 0 Å². The average Bonchev–Trinajstić information content (AvgIpc) is 2.39. The van der Waals surface area contributed by atoms with E-state index < -0.39 is 16.0 Å². The predicted octanol–water partition coefficient (Wildman–Crippen LogP) is 2.19. The molecule has 0 saturated carbocycles. The third kappa shape index (κ3) is 3.25. The Bertz CT molecular complexity index is 747. The predicted molar refractivity (Wildman–Crippen MR) is 81.2 cm³/mol. The summed E-state index contributed by atoms with van der Waals surface area (Å²) in [5.41, 5.74) is 0.304. The number of carboxylic acids is 1. The fourth-order valence-corrected chi connectivity index (χ4v) is 3.12. The Kier molecular flexibility index (Phi) is 4.23. The Labute approximate surface area is 129 Å². The van der Waals surface area contributed by atoms with E-state index in [4.69, 9.17) is 5.11 Å². The van der Waals surface area contributed by atoms with Crippen molar-refractivity contribution in [1.82, 2.24) is 4.98 Å². The molecule has 0 radical (unpaired) electrons. The van der Waals surface area contributed by atoms with Gasteiger partial charge in [-0.3, -0.25) is 9.71 Å². The zero-order valence-corrected chi connectivity index (χ0v) is 12.9. The third-order valence-electron chi connectivity index (χ3n) is 2.41. The van der Waals surface area contributed by atoms with Crippen molar-refractivity contribution in [2.45, 2.75) is 4.90 Å². The van der Waals surface area contributed by atoms with E-state index >= 15 is 0 Å². The SMILES string of the molecule is O=C(O)c1cc(S(=O)(=O)Nc2ccncc2)ccc1I. The molecule has 0 aliphatic carbocycles. The fraction of sp³-hybridized carbons (Fsp3) is 0. The van der Waals surface area contributed by atoms with Crippen molar-refractivity contribution < 1.29 is 18.3 Å². The molecule has 0 spiro atoms. The Morgan fingerprint density at radius 2 is 1.85 bits per heavy atom. The zero-order valence-electron chi connectivity index (χ0n) is 9.95. The van der Waals surface area contributed by atoms with Crippen LogP contribution in [0.25, 0.3) is 0 Å². The van der Waals surface area contributed by atoms with Crippen LogP contribution in [0.4, 0.5) is 5.69 Å². The van der Waals surface area contributed by atoms with Gasteiger partial charge in [-0.25, -0.2) is 13.2 Å². The molecule has 1 aromatic carbocycles. The number of carbonyl (C=O) groups is 1. The van der Waals surface area contributed by atoms with E-state index in [0.29, 0.717) is 9.26 Å². The van der Waals surface area contributed by atoms with Gasteiger partial charge in [0.05, 0.1) is 16.1 Å². The number of benzene rings is 1. The summed E-state index contributed by atoms with van der Waals surface area (Å²) in [6.07, 6.45) is 2.91. The van der Waals surface area contributed by atoms with Crippen LogP contribution in [-0.4, -0.2) is 24.5 Å². The maximum atomic E-state index is 12.2. The van der Waals surface area contributed by atoms with Crippen molar-refractivity contribution >= 4 is 44.3 Å². The van der Waals surface area contributed by atoms with E-state index in [1.165, 1.54) is 36.7 Å². The van der Waals surface area contributed by atoms with Gasteiger partial charge in [-0.2, -0.15) is 0 Å². The normalized spacial score (nSPS) is 11.1. The summed E-state index contributed by atoms with van der Waals surface area (Å²) in [5, 5.41) is 9.02. The van der Waals surface area contributed by atoms with E-state index in [2.05, 4.69) is 9.71 Å². The molecule has 0 saturated heterocycles. The van der Waals surface area contributed by atoms with Crippen molar-refractivity contribution in [2.75, 3.05) is 4.72 Å². The number of aromatic carboxylic acids is 1. The molecule has 1 aromatic heterocycles. The smallest absolute Gasteiger partial charge is 0.336 e. The molecule has 0 bridgehead atoms. The maximum Gasteiger partial charge on any atom is 0.336 e. The molecule has 0 unspecified atom stereocenters. The number of pyridine rings is 1. The van der Waals surface area contributed by atoms with Gasteiger partial charge in [0.25, 0.3) is 10.0 Å². The Morgan fingerprint density at radius 3 is 2.45 bits per heavy atom. The van der Waals surface area contributed by atoms with E-state index in [-0.39, 0.29) is 10.5 Å². The van der Waals surface area contributed by atoms with Crippen LogP contribution in [0, 0.1) is 3.57 Å². The van der Waals surface area contributed by atoms with E-state index in [1.807, 2.05) is 22.6 Å². The van der Waals surface area contributed by atoms with Crippen molar-refractivity contribution in [2.24, 2.45) is 0 Å². The van der Waals surface area contributed by atoms with Gasteiger partial charge >= 0.3 is 5.97 Å². The minimum absolute atomic E-state index is 0.0526. The summed E-state index contributed by atoms with van der Waals surface area (Å²) in [6.45, 7) is 0. The van der Waals surface area contributed by atoms with Crippen molar-refractivity contribution in [3.63, 3.8) is 0 Å². The number of hydrogen-bond donors (Lipinski definition) is 2. The summed E-state index contributed by atoms with van der Waals surface area (Å²) in [6, 6.07) is 6.95. The molecule has 2 N–H and O–H groups in total. The van der Waals surface area contributed by atoms with Gasteiger partial charge in [0.2, 0.25) is 0 Å². The van der Waals surface area contributed by atoms with Gasteiger partial charge in [-0.1, -0.05) is 0 Å². The van der Waals surface area contributed by atoms with E-state index in [1.54, 1.807) is 0 Å². The molecule has 20 heavy (non-hydrogen) atoms. The zero-order chi connectivity index (χ0) is 14.8. The number of aromatic nitrogens is 1. The van der Waals surface area contributed by atoms with Crippen molar-refractivity contribution in [1.29, 1.82) is 0 Å². The molecule has 0 amide bonds. The Hall–Kier alpha value is -1.68. The first kappa shape index (κ1) is 14.7. The number of nitrogens with zero attached hydrogens (tertiary/aromatic N) is 1. The minimum atomic E-state index is -3.83. The Morgan fingerprint density at radius 1 is 1.20 bits per heavy atom. The highest BCUT2D eigenvalue weighted by Gasteiger charge is 2.18. The summed E-state index contributed by atoms with van der Waals surface area (Å²) in [7, 11) is -3.83. The Balaban J connectivity index is 2.40. The van der Waals surface area contributed by atoms with Crippen LogP contribution in [0.1, 0.15) is 10.4 Å². The standard InChI is InChI=1S/C12H9IN2O4S/c13-11-2-1-9(7-10(11)12(16)17)20(18,19)15-8-3-5-14-6-4-8/h1-7H,(H,14,15)(H,16,17). The summed E-state index contributed by atoms with van der Waals surface area (Å²) in [4.78, 5) is 14.7. The lowest BCUT2D eigenvalue weighted by Crippen LogP contribution is -2.14. The topological polar surface area (TPSA) is 96.4 Å². The van der Waals surface area contributed by atoms with Gasteiger partial charge < -0.3 is 5.11 Å². The second kappa shape index (κ2) is 5.75. The summed E-state index contributed by atoms with van der Waals surface area (Å²) < 4.78 is 27.1. The first-order valence-corrected chi connectivity index (χ1v) is 7.92. The molecule has 2 rings (SSSR count). The van der Waals surface area contributed by atoms with Gasteiger partial charge in [-0.15, -0.1) is 0 Å². The van der Waals surface area contributed by atoms with Crippen LogP contribution in [0.2, 0.25) is 0 Å². The number of nitrogens with one attached hydrogen (secondary N) is 1. The second-order valence-corrected chi connectivity index (χ2v) is 6.63. The molecule has 104 valence electrons. The van der Waals surface area contributed by atoms with Crippen LogP contribution in [0.15, 0.2) is 47.6 Å². The van der Waals surface area contributed by atoms with E-state index in [9.17, 15) is 13.2 Å². The lowest BCUT2D eigenvalue weighted by Gasteiger charge is -2.09. The van der Waals surface area contributed by atoms with Gasteiger partial charge in [0.1, 0.15) is 0 Å². The second-order valence-electron chi connectivity index (χ2n) is 3.79. The first-order valence-electron chi connectivity index (χ1n) is 5.36. The van der Waals surface area contributed by atoms with Gasteiger partial charge in [-0.05, 0) is 52.9 Å². The summed E-state index contributed by atoms with van der Waals surface area (Å²) in [5.74, 6) is -1.17. The van der Waals surface area contributed by atoms with Crippen LogP contribution >= 0.6 is 22.6 Å². The first-order chi connectivity index (χ1) is 9.40. The quantitative estimate of drug-likeness (QED) is 0.762. The third-order valence-corrected chi connectivity index (χ3v) is 4.73. The number of hydrogen-bond acceptors (Lipinski definition) is 4. The number of rotatable bonds is 4. The number of halogens is 1. The van der Waals surface area contributed by atoms with Gasteiger partial charge in [0, 0.05) is 16.0 Å². The molecular weight excluding hydrogens is 395 g/mol. The summed E-state index contributed by atoms with van der Waals surface area (Å²) >= 11 is 1.84. The van der Waals surface area contributed by atoms with Crippen molar-refractivity contribution in [3.05, 3.63) is 51.9 Å². The molecular formula is C12H9IN2O4S. The lowest BCUT2D eigenvalue weighted by molar-refractivity contribution is 0.0695. The number of anilines is 1. The number of carboxylic acid groups (broad SMARTS) is 1. The molecule has 1 heterocycles.